The highest BCUT2D eigenvalue weighted by molar-refractivity contribution is 5.96. The molecule has 0 radical (unpaired) electrons. The number of carbonyl (C=O) groups is 1. The highest BCUT2D eigenvalue weighted by Crippen LogP contribution is 2.19. The fourth-order valence-electron chi connectivity index (χ4n) is 1.69. The van der Waals surface area contributed by atoms with Gasteiger partial charge >= 0.3 is 0 Å². The number of hydrogen-bond donors (Lipinski definition) is 1. The van der Waals surface area contributed by atoms with Crippen LogP contribution in [0.1, 0.15) is 10.4 Å². The molecule has 0 bridgehead atoms. The lowest BCUT2D eigenvalue weighted by atomic mass is 10.2. The molecular formula is C15H25N3O2. The fourth-order valence-corrected chi connectivity index (χ4v) is 1.69. The molecule has 0 atom stereocenters. The van der Waals surface area contributed by atoms with Gasteiger partial charge in [-0.3, -0.25) is 4.79 Å². The summed E-state index contributed by atoms with van der Waals surface area (Å²) >= 11 is 0. The summed E-state index contributed by atoms with van der Waals surface area (Å²) in [5.74, 6) is 0.636. The molecule has 5 nitrogen and oxygen atoms in total. The number of amides is 1. The van der Waals surface area contributed by atoms with E-state index in [0.717, 1.165) is 13.1 Å². The molecule has 0 saturated carbocycles. The molecule has 0 aliphatic heterocycles. The van der Waals surface area contributed by atoms with Gasteiger partial charge in [0, 0.05) is 26.7 Å². The van der Waals surface area contributed by atoms with Crippen molar-refractivity contribution in [1.82, 2.24) is 15.1 Å². The van der Waals surface area contributed by atoms with Crippen molar-refractivity contribution in [2.24, 2.45) is 0 Å². The van der Waals surface area contributed by atoms with Crippen LogP contribution in [-0.2, 0) is 0 Å². The molecule has 1 aromatic carbocycles. The standard InChI is InChI=1S/C15H25N3O2/c1-16-9-10-18(4)15(19)13-7-5-6-8-14(13)20-12-11-17(2)3/h5-8,16H,9-12H2,1-4H3. The van der Waals surface area contributed by atoms with E-state index in [1.165, 1.54) is 0 Å². The molecule has 1 N–H and O–H groups in total. The van der Waals surface area contributed by atoms with E-state index in [-0.39, 0.29) is 5.91 Å². The van der Waals surface area contributed by atoms with Crippen molar-refractivity contribution >= 4 is 5.91 Å². The minimum Gasteiger partial charge on any atom is -0.491 e. The molecule has 20 heavy (non-hydrogen) atoms. The topological polar surface area (TPSA) is 44.8 Å². The lowest BCUT2D eigenvalue weighted by Gasteiger charge is -2.19. The minimum absolute atomic E-state index is 0.0132. The minimum atomic E-state index is -0.0132. The first kappa shape index (κ1) is 16.5. The number of nitrogens with one attached hydrogen (secondary N) is 1. The summed E-state index contributed by atoms with van der Waals surface area (Å²) in [4.78, 5) is 16.1. The van der Waals surface area contributed by atoms with Crippen LogP contribution >= 0.6 is 0 Å². The zero-order valence-corrected chi connectivity index (χ0v) is 12.8. The normalized spacial score (nSPS) is 10.7. The van der Waals surface area contributed by atoms with Gasteiger partial charge in [-0.2, -0.15) is 0 Å². The van der Waals surface area contributed by atoms with Crippen molar-refractivity contribution in [1.29, 1.82) is 0 Å². The number of likely N-dealkylation sites (N-methyl/N-ethyl adjacent to an activating group) is 3. The first-order chi connectivity index (χ1) is 9.56. The van der Waals surface area contributed by atoms with Crippen molar-refractivity contribution in [2.45, 2.75) is 0 Å². The predicted octanol–water partition coefficient (Wildman–Crippen LogP) is 0.918. The molecule has 0 fully saturated rings. The molecule has 1 rings (SSSR count). The SMILES string of the molecule is CNCCN(C)C(=O)c1ccccc1OCCN(C)C. The number of carbonyl (C=O) groups excluding carboxylic acids is 1. The summed E-state index contributed by atoms with van der Waals surface area (Å²) in [5, 5.41) is 3.04. The Balaban J connectivity index is 2.71. The quantitative estimate of drug-likeness (QED) is 0.768. The van der Waals surface area contributed by atoms with E-state index in [9.17, 15) is 4.79 Å². The molecule has 1 aromatic rings. The smallest absolute Gasteiger partial charge is 0.257 e. The van der Waals surface area contributed by atoms with Crippen LogP contribution in [0.5, 0.6) is 5.75 Å². The molecule has 112 valence electrons. The lowest BCUT2D eigenvalue weighted by Crippen LogP contribution is -2.33. The summed E-state index contributed by atoms with van der Waals surface area (Å²) in [5.41, 5.74) is 0.616. The summed E-state index contributed by atoms with van der Waals surface area (Å²) in [6, 6.07) is 7.39. The first-order valence-corrected chi connectivity index (χ1v) is 6.83. The Kier molecular flexibility index (Phi) is 7.04. The average molecular weight is 279 g/mol. The maximum Gasteiger partial charge on any atom is 0.257 e. The molecule has 0 aliphatic rings. The Hall–Kier alpha value is -1.59. The van der Waals surface area contributed by atoms with Crippen molar-refractivity contribution in [3.8, 4) is 5.75 Å². The Morgan fingerprint density at radius 3 is 2.55 bits per heavy atom. The monoisotopic (exact) mass is 279 g/mol. The molecule has 1 amide bonds. The summed E-state index contributed by atoms with van der Waals surface area (Å²) in [7, 11) is 7.66. The Bertz CT molecular complexity index is 421. The van der Waals surface area contributed by atoms with Crippen molar-refractivity contribution < 1.29 is 9.53 Å². The predicted molar refractivity (Wildman–Crippen MR) is 81.4 cm³/mol. The zero-order valence-electron chi connectivity index (χ0n) is 12.8. The van der Waals surface area contributed by atoms with E-state index < -0.39 is 0 Å². The number of hydrogen-bond acceptors (Lipinski definition) is 4. The maximum atomic E-state index is 12.4. The highest BCUT2D eigenvalue weighted by atomic mass is 16.5. The van der Waals surface area contributed by atoms with E-state index in [1.807, 2.05) is 50.3 Å². The molecule has 5 heteroatoms. The van der Waals surface area contributed by atoms with E-state index in [2.05, 4.69) is 5.32 Å². The second kappa shape index (κ2) is 8.55. The van der Waals surface area contributed by atoms with Crippen LogP contribution in [0.3, 0.4) is 0 Å². The molecule has 0 aliphatic carbocycles. The van der Waals surface area contributed by atoms with Gasteiger partial charge < -0.3 is 19.9 Å². The van der Waals surface area contributed by atoms with Crippen LogP contribution in [0.2, 0.25) is 0 Å². The van der Waals surface area contributed by atoms with Crippen molar-refractivity contribution in [3.63, 3.8) is 0 Å². The van der Waals surface area contributed by atoms with Gasteiger partial charge in [0.15, 0.2) is 0 Å². The fraction of sp³-hybridized carbons (Fsp3) is 0.533. The second-order valence-electron chi connectivity index (χ2n) is 4.98. The largest absolute Gasteiger partial charge is 0.491 e. The summed E-state index contributed by atoms with van der Waals surface area (Å²) in [6.45, 7) is 2.82. The third-order valence-electron chi connectivity index (χ3n) is 2.96. The van der Waals surface area contributed by atoms with Crippen LogP contribution in [-0.4, -0.2) is 70.1 Å². The van der Waals surface area contributed by atoms with E-state index in [4.69, 9.17) is 4.74 Å². The molecule has 0 aromatic heterocycles. The van der Waals surface area contributed by atoms with Gasteiger partial charge in [-0.1, -0.05) is 12.1 Å². The van der Waals surface area contributed by atoms with Crippen molar-refractivity contribution in [2.75, 3.05) is 54.4 Å². The summed E-state index contributed by atoms with van der Waals surface area (Å²) < 4.78 is 5.72. The third-order valence-corrected chi connectivity index (χ3v) is 2.96. The Morgan fingerprint density at radius 1 is 1.20 bits per heavy atom. The van der Waals surface area contributed by atoms with Crippen LogP contribution in [0.4, 0.5) is 0 Å². The zero-order chi connectivity index (χ0) is 15.0. The Morgan fingerprint density at radius 2 is 1.90 bits per heavy atom. The first-order valence-electron chi connectivity index (χ1n) is 6.83. The number of para-hydroxylation sites is 1. The Labute approximate surface area is 121 Å². The van der Waals surface area contributed by atoms with Crippen LogP contribution < -0.4 is 10.1 Å². The molecule has 0 spiro atoms. The van der Waals surface area contributed by atoms with E-state index in [0.29, 0.717) is 24.5 Å². The van der Waals surface area contributed by atoms with E-state index in [1.54, 1.807) is 11.9 Å². The molecule has 0 saturated heterocycles. The van der Waals surface area contributed by atoms with Gasteiger partial charge in [-0.15, -0.1) is 0 Å². The number of ether oxygens (including phenoxy) is 1. The van der Waals surface area contributed by atoms with Gasteiger partial charge in [0.05, 0.1) is 5.56 Å². The summed E-state index contributed by atoms with van der Waals surface area (Å²) in [6.07, 6.45) is 0. The molecule has 0 unspecified atom stereocenters. The highest BCUT2D eigenvalue weighted by Gasteiger charge is 2.15. The van der Waals surface area contributed by atoms with E-state index >= 15 is 0 Å². The average Bonchev–Trinajstić information content (AvgIpc) is 2.44. The van der Waals surface area contributed by atoms with Crippen molar-refractivity contribution in [3.05, 3.63) is 29.8 Å². The van der Waals surface area contributed by atoms with Crippen LogP contribution in [0, 0.1) is 0 Å². The number of rotatable bonds is 8. The van der Waals surface area contributed by atoms with Gasteiger partial charge in [-0.25, -0.2) is 0 Å². The number of benzene rings is 1. The van der Waals surface area contributed by atoms with Gasteiger partial charge in [-0.05, 0) is 33.3 Å². The number of nitrogens with zero attached hydrogens (tertiary/aromatic N) is 2. The van der Waals surface area contributed by atoms with Gasteiger partial charge in [0.25, 0.3) is 5.91 Å². The third kappa shape index (κ3) is 5.19. The molecular weight excluding hydrogens is 254 g/mol. The van der Waals surface area contributed by atoms with Gasteiger partial charge in [0.2, 0.25) is 0 Å². The van der Waals surface area contributed by atoms with Gasteiger partial charge in [0.1, 0.15) is 12.4 Å². The lowest BCUT2D eigenvalue weighted by molar-refractivity contribution is 0.0792. The maximum absolute atomic E-state index is 12.4. The van der Waals surface area contributed by atoms with Crippen LogP contribution in [0.15, 0.2) is 24.3 Å². The molecule has 0 heterocycles. The second-order valence-corrected chi connectivity index (χ2v) is 4.98. The van der Waals surface area contributed by atoms with Crippen LogP contribution in [0.25, 0.3) is 0 Å².